The number of carbonyl (C=O) groups is 2. The molecule has 6 nitrogen and oxygen atoms in total. The number of nitrogens with zero attached hydrogens (tertiary/aromatic N) is 4. The maximum Gasteiger partial charge on any atom is 0.227 e. The number of fused-ring (bicyclic) bond motifs is 1. The van der Waals surface area contributed by atoms with Crippen LogP contribution in [0.5, 0.6) is 0 Å². The third-order valence-corrected chi connectivity index (χ3v) is 5.12. The zero-order chi connectivity index (χ0) is 16.6. The van der Waals surface area contributed by atoms with Gasteiger partial charge in [-0.15, -0.1) is 0 Å². The van der Waals surface area contributed by atoms with Crippen LogP contribution in [0.3, 0.4) is 0 Å². The van der Waals surface area contributed by atoms with Gasteiger partial charge in [-0.3, -0.25) is 14.3 Å². The smallest absolute Gasteiger partial charge is 0.227 e. The van der Waals surface area contributed by atoms with Gasteiger partial charge in [-0.2, -0.15) is 5.10 Å². The molecule has 2 amide bonds. The normalized spacial score (nSPS) is 24.2. The lowest BCUT2D eigenvalue weighted by Gasteiger charge is -2.36. The molecule has 0 saturated carbocycles. The van der Waals surface area contributed by atoms with Gasteiger partial charge in [0.2, 0.25) is 11.8 Å². The molecule has 1 aromatic rings. The summed E-state index contributed by atoms with van der Waals surface area (Å²) in [4.78, 5) is 28.5. The molecule has 2 aliphatic rings. The topological polar surface area (TPSA) is 58.4 Å². The predicted octanol–water partition coefficient (Wildman–Crippen LogP) is 1.36. The van der Waals surface area contributed by atoms with Crippen molar-refractivity contribution >= 4 is 11.8 Å². The summed E-state index contributed by atoms with van der Waals surface area (Å²) in [6, 6.07) is 2.14. The van der Waals surface area contributed by atoms with Crippen LogP contribution in [0.15, 0.2) is 6.07 Å². The molecule has 2 fully saturated rings. The van der Waals surface area contributed by atoms with E-state index in [0.717, 1.165) is 43.7 Å². The number of likely N-dealkylation sites (N-methyl/N-ethyl adjacent to an activating group) is 1. The summed E-state index contributed by atoms with van der Waals surface area (Å²) in [7, 11) is 1.84. The molecule has 0 unspecified atom stereocenters. The van der Waals surface area contributed by atoms with Crippen LogP contribution in [-0.2, 0) is 16.1 Å². The van der Waals surface area contributed by atoms with E-state index in [4.69, 9.17) is 0 Å². The number of hydrogen-bond donors (Lipinski definition) is 0. The van der Waals surface area contributed by atoms with Gasteiger partial charge in [0.05, 0.1) is 17.7 Å². The second kappa shape index (κ2) is 6.34. The number of amides is 2. The molecule has 0 aromatic carbocycles. The maximum atomic E-state index is 12.6. The van der Waals surface area contributed by atoms with Crippen molar-refractivity contribution in [1.82, 2.24) is 19.6 Å². The molecule has 3 heterocycles. The molecule has 2 aliphatic heterocycles. The molecule has 2 saturated heterocycles. The van der Waals surface area contributed by atoms with Crippen LogP contribution in [0.2, 0.25) is 0 Å². The van der Waals surface area contributed by atoms with E-state index in [2.05, 4.69) is 11.2 Å². The fourth-order valence-electron chi connectivity index (χ4n) is 3.96. The van der Waals surface area contributed by atoms with Gasteiger partial charge in [0.15, 0.2) is 0 Å². The molecule has 23 heavy (non-hydrogen) atoms. The summed E-state index contributed by atoms with van der Waals surface area (Å²) in [6.07, 6.45) is 3.17. The molecule has 0 N–H and O–H groups in total. The van der Waals surface area contributed by atoms with Crippen LogP contribution < -0.4 is 0 Å². The van der Waals surface area contributed by atoms with E-state index < -0.39 is 0 Å². The molecule has 0 spiro atoms. The Labute approximate surface area is 137 Å². The number of aromatic nitrogens is 2. The third kappa shape index (κ3) is 3.12. The first-order chi connectivity index (χ1) is 11.0. The number of aryl methyl sites for hydroxylation is 3. The van der Waals surface area contributed by atoms with Gasteiger partial charge in [-0.25, -0.2) is 0 Å². The largest absolute Gasteiger partial charge is 0.343 e. The number of hydrogen-bond acceptors (Lipinski definition) is 3. The zero-order valence-corrected chi connectivity index (χ0v) is 14.3. The molecule has 0 aliphatic carbocycles. The zero-order valence-electron chi connectivity index (χ0n) is 14.3. The maximum absolute atomic E-state index is 12.6. The van der Waals surface area contributed by atoms with Crippen LogP contribution in [-0.4, -0.2) is 57.6 Å². The van der Waals surface area contributed by atoms with E-state index in [1.165, 1.54) is 0 Å². The third-order valence-electron chi connectivity index (χ3n) is 5.12. The SMILES string of the molecule is Cc1cc(C)n(CCCC(=O)N2CCC[C@H]3C(=O)N(C)C[C@H]32)n1. The average molecular weight is 318 g/mol. The number of carbonyl (C=O) groups excluding carboxylic acids is 2. The highest BCUT2D eigenvalue weighted by Gasteiger charge is 2.44. The Kier molecular flexibility index (Phi) is 4.41. The van der Waals surface area contributed by atoms with Crippen molar-refractivity contribution in [2.75, 3.05) is 20.1 Å². The van der Waals surface area contributed by atoms with Crippen LogP contribution >= 0.6 is 0 Å². The van der Waals surface area contributed by atoms with Crippen molar-refractivity contribution in [3.63, 3.8) is 0 Å². The van der Waals surface area contributed by atoms with Gasteiger partial charge in [-0.1, -0.05) is 0 Å². The fourth-order valence-corrected chi connectivity index (χ4v) is 3.96. The summed E-state index contributed by atoms with van der Waals surface area (Å²) in [6.45, 7) is 6.27. The molecule has 1 aromatic heterocycles. The summed E-state index contributed by atoms with van der Waals surface area (Å²) < 4.78 is 1.97. The molecule has 6 heteroatoms. The lowest BCUT2D eigenvalue weighted by molar-refractivity contribution is -0.137. The van der Waals surface area contributed by atoms with Crippen molar-refractivity contribution in [1.29, 1.82) is 0 Å². The Morgan fingerprint density at radius 2 is 2.17 bits per heavy atom. The molecular weight excluding hydrogens is 292 g/mol. The van der Waals surface area contributed by atoms with Crippen LogP contribution in [0.4, 0.5) is 0 Å². The lowest BCUT2D eigenvalue weighted by atomic mass is 9.91. The molecule has 0 bridgehead atoms. The van der Waals surface area contributed by atoms with Crippen molar-refractivity contribution in [3.8, 4) is 0 Å². The molecular formula is C17H26N4O2. The summed E-state index contributed by atoms with van der Waals surface area (Å²) in [5, 5.41) is 4.43. The minimum Gasteiger partial charge on any atom is -0.343 e. The summed E-state index contributed by atoms with van der Waals surface area (Å²) >= 11 is 0. The fraction of sp³-hybridized carbons (Fsp3) is 0.706. The molecule has 0 radical (unpaired) electrons. The Hall–Kier alpha value is -1.85. The minimum atomic E-state index is 0.0220. The van der Waals surface area contributed by atoms with Gasteiger partial charge >= 0.3 is 0 Å². The predicted molar refractivity (Wildman–Crippen MR) is 86.8 cm³/mol. The first-order valence-corrected chi connectivity index (χ1v) is 8.53. The highest BCUT2D eigenvalue weighted by Crippen LogP contribution is 2.31. The van der Waals surface area contributed by atoms with E-state index in [1.807, 2.05) is 30.5 Å². The Morgan fingerprint density at radius 1 is 1.39 bits per heavy atom. The summed E-state index contributed by atoms with van der Waals surface area (Å²) in [5.74, 6) is 0.410. The first-order valence-electron chi connectivity index (χ1n) is 8.53. The van der Waals surface area contributed by atoms with Crippen molar-refractivity contribution in [3.05, 3.63) is 17.5 Å². The monoisotopic (exact) mass is 318 g/mol. The number of likely N-dealkylation sites (tertiary alicyclic amines) is 2. The van der Waals surface area contributed by atoms with Gasteiger partial charge in [-0.05, 0) is 39.2 Å². The van der Waals surface area contributed by atoms with Gasteiger partial charge in [0.25, 0.3) is 0 Å². The van der Waals surface area contributed by atoms with Crippen LogP contribution in [0.1, 0.15) is 37.1 Å². The van der Waals surface area contributed by atoms with E-state index >= 15 is 0 Å². The Balaban J connectivity index is 1.55. The van der Waals surface area contributed by atoms with Crippen LogP contribution in [0, 0.1) is 19.8 Å². The molecule has 3 rings (SSSR count). The minimum absolute atomic E-state index is 0.0220. The van der Waals surface area contributed by atoms with Gasteiger partial charge < -0.3 is 9.80 Å². The van der Waals surface area contributed by atoms with E-state index in [9.17, 15) is 9.59 Å². The van der Waals surface area contributed by atoms with E-state index in [1.54, 1.807) is 4.90 Å². The molecule has 2 atom stereocenters. The van der Waals surface area contributed by atoms with E-state index in [-0.39, 0.29) is 23.8 Å². The first kappa shape index (κ1) is 16.0. The van der Waals surface area contributed by atoms with E-state index in [0.29, 0.717) is 13.0 Å². The lowest BCUT2D eigenvalue weighted by Crippen LogP contribution is -2.48. The van der Waals surface area contributed by atoms with Crippen molar-refractivity contribution in [2.24, 2.45) is 5.92 Å². The Morgan fingerprint density at radius 3 is 2.87 bits per heavy atom. The second-order valence-corrected chi connectivity index (χ2v) is 6.88. The quantitative estimate of drug-likeness (QED) is 0.842. The summed E-state index contributed by atoms with van der Waals surface area (Å²) in [5.41, 5.74) is 2.15. The highest BCUT2D eigenvalue weighted by molar-refractivity contribution is 5.84. The van der Waals surface area contributed by atoms with Gasteiger partial charge in [0, 0.05) is 38.8 Å². The van der Waals surface area contributed by atoms with Crippen molar-refractivity contribution in [2.45, 2.75) is 52.1 Å². The number of rotatable bonds is 4. The average Bonchev–Trinajstić information content (AvgIpc) is 2.98. The Bertz CT molecular complexity index is 610. The van der Waals surface area contributed by atoms with Crippen LogP contribution in [0.25, 0.3) is 0 Å². The number of piperidine rings is 1. The van der Waals surface area contributed by atoms with Crippen molar-refractivity contribution < 1.29 is 9.59 Å². The van der Waals surface area contributed by atoms with Gasteiger partial charge in [0.1, 0.15) is 0 Å². The molecule has 126 valence electrons. The standard InChI is InChI=1S/C17H26N4O2/c1-12-10-13(2)21(18-12)9-5-7-16(22)20-8-4-6-14-15(20)11-19(3)17(14)23/h10,14-15H,4-9,11H2,1-3H3/t14-,15-/m1/s1. The second-order valence-electron chi connectivity index (χ2n) is 6.88. The highest BCUT2D eigenvalue weighted by atomic mass is 16.2.